The number of aliphatic carboxylic acids is 1. The highest BCUT2D eigenvalue weighted by Gasteiger charge is 2.32. The van der Waals surface area contributed by atoms with Gasteiger partial charge in [0.15, 0.2) is 0 Å². The number of benzene rings is 2. The maximum Gasteiger partial charge on any atom is 0.407 e. The highest BCUT2D eigenvalue weighted by atomic mass is 16.5. The van der Waals surface area contributed by atoms with Crippen molar-refractivity contribution in [3.8, 4) is 11.1 Å². The summed E-state index contributed by atoms with van der Waals surface area (Å²) in [5.74, 6) is -0.662. The van der Waals surface area contributed by atoms with Crippen molar-refractivity contribution >= 4 is 18.0 Å². The number of fused-ring (bicyclic) bond motifs is 3. The largest absolute Gasteiger partial charge is 0.480 e. The van der Waals surface area contributed by atoms with E-state index >= 15 is 0 Å². The number of alkyl carbamates (subject to hydrolysis) is 1. The molecule has 0 unspecified atom stereocenters. The van der Waals surface area contributed by atoms with E-state index in [1.54, 1.807) is 6.92 Å². The van der Waals surface area contributed by atoms with Crippen LogP contribution in [0, 0.1) is 11.8 Å². The Morgan fingerprint density at radius 2 is 1.61 bits per heavy atom. The summed E-state index contributed by atoms with van der Waals surface area (Å²) >= 11 is 0. The lowest BCUT2D eigenvalue weighted by atomic mass is 9.73. The average Bonchev–Trinajstić information content (AvgIpc) is 3.11. The third-order valence-electron chi connectivity index (χ3n) is 6.73. The predicted octanol–water partition coefficient (Wildman–Crippen LogP) is 3.92. The fraction of sp³-hybridized carbons (Fsp3) is 0.423. The minimum absolute atomic E-state index is 0.0347. The Balaban J connectivity index is 1.18. The summed E-state index contributed by atoms with van der Waals surface area (Å²) in [6, 6.07) is 15.6. The smallest absolute Gasteiger partial charge is 0.407 e. The van der Waals surface area contributed by atoms with Crippen molar-refractivity contribution < 1.29 is 24.2 Å². The number of carboxylic acid groups (broad SMARTS) is 1. The van der Waals surface area contributed by atoms with E-state index < -0.39 is 18.1 Å². The number of amides is 2. The molecule has 2 aliphatic rings. The van der Waals surface area contributed by atoms with Crippen LogP contribution in [0.15, 0.2) is 48.5 Å². The number of nitrogens with one attached hydrogen (secondary N) is 2. The number of carbonyl (C=O) groups is 3. The number of carbonyl (C=O) groups excluding carboxylic acids is 2. The summed E-state index contributed by atoms with van der Waals surface area (Å²) in [4.78, 5) is 35.3. The number of hydrogen-bond donors (Lipinski definition) is 3. The van der Waals surface area contributed by atoms with Crippen molar-refractivity contribution in [2.24, 2.45) is 11.8 Å². The standard InChI is InChI=1S/C26H30N2O5/c1-2-23(25(30)31)28-24(29)13-16-11-17(12-16)14-27-26(32)33-15-22-20-9-5-3-7-18(20)19-8-4-6-10-21(19)22/h3-10,16-17,22-23H,2,11-15H2,1H3,(H,27,32)(H,28,29)(H,30,31)/t16?,17?,23-/m1/s1. The van der Waals surface area contributed by atoms with Gasteiger partial charge in [-0.1, -0.05) is 55.5 Å². The van der Waals surface area contributed by atoms with Crippen LogP contribution in [0.25, 0.3) is 11.1 Å². The molecule has 1 saturated carbocycles. The molecule has 0 heterocycles. The first kappa shape index (κ1) is 22.8. The molecule has 0 aliphatic heterocycles. The summed E-state index contributed by atoms with van der Waals surface area (Å²) in [6.07, 6.45) is 1.93. The van der Waals surface area contributed by atoms with Crippen molar-refractivity contribution in [2.45, 2.75) is 44.6 Å². The fourth-order valence-electron chi connectivity index (χ4n) is 4.94. The minimum Gasteiger partial charge on any atom is -0.480 e. The van der Waals surface area contributed by atoms with Crippen LogP contribution in [-0.4, -0.2) is 42.3 Å². The van der Waals surface area contributed by atoms with E-state index in [2.05, 4.69) is 34.9 Å². The molecule has 1 atom stereocenters. The summed E-state index contributed by atoms with van der Waals surface area (Å²) in [6.45, 7) is 2.53. The molecule has 0 spiro atoms. The van der Waals surface area contributed by atoms with Gasteiger partial charge in [-0.25, -0.2) is 9.59 Å². The third kappa shape index (κ3) is 5.18. The molecule has 7 heteroatoms. The number of carboxylic acids is 1. The van der Waals surface area contributed by atoms with Crippen molar-refractivity contribution in [3.63, 3.8) is 0 Å². The Hall–Kier alpha value is -3.35. The van der Waals surface area contributed by atoms with Gasteiger partial charge in [0.05, 0.1) is 0 Å². The van der Waals surface area contributed by atoms with E-state index in [1.165, 1.54) is 22.3 Å². The number of ether oxygens (including phenoxy) is 1. The first-order valence-corrected chi connectivity index (χ1v) is 11.6. The maximum atomic E-state index is 12.3. The molecule has 4 rings (SSSR count). The Morgan fingerprint density at radius 3 is 2.18 bits per heavy atom. The molecule has 0 radical (unpaired) electrons. The topological polar surface area (TPSA) is 105 Å². The molecular weight excluding hydrogens is 420 g/mol. The Labute approximate surface area is 193 Å². The first-order valence-electron chi connectivity index (χ1n) is 11.6. The molecule has 1 fully saturated rings. The molecule has 0 saturated heterocycles. The minimum atomic E-state index is -1.01. The van der Waals surface area contributed by atoms with Gasteiger partial charge in [-0.15, -0.1) is 0 Å². The quantitative estimate of drug-likeness (QED) is 0.537. The van der Waals surface area contributed by atoms with Crippen LogP contribution in [0.2, 0.25) is 0 Å². The molecule has 2 aromatic carbocycles. The van der Waals surface area contributed by atoms with Crippen molar-refractivity contribution in [1.82, 2.24) is 10.6 Å². The van der Waals surface area contributed by atoms with Crippen LogP contribution < -0.4 is 10.6 Å². The van der Waals surface area contributed by atoms with Gasteiger partial charge < -0.3 is 20.5 Å². The molecular formula is C26H30N2O5. The van der Waals surface area contributed by atoms with Crippen LogP contribution in [0.5, 0.6) is 0 Å². The molecule has 2 aromatic rings. The summed E-state index contributed by atoms with van der Waals surface area (Å²) in [7, 11) is 0. The van der Waals surface area contributed by atoms with E-state index in [0.717, 1.165) is 12.8 Å². The molecule has 174 valence electrons. The molecule has 0 bridgehead atoms. The molecule has 2 amide bonds. The van der Waals surface area contributed by atoms with Gasteiger partial charge in [-0.05, 0) is 53.4 Å². The van der Waals surface area contributed by atoms with E-state index in [-0.39, 0.29) is 24.3 Å². The molecule has 0 aromatic heterocycles. The second-order valence-corrected chi connectivity index (χ2v) is 8.98. The lowest BCUT2D eigenvalue weighted by Crippen LogP contribution is -2.43. The summed E-state index contributed by atoms with van der Waals surface area (Å²) in [5, 5.41) is 14.4. The average molecular weight is 451 g/mol. The van der Waals surface area contributed by atoms with E-state index in [9.17, 15) is 14.4 Å². The zero-order chi connectivity index (χ0) is 23.4. The highest BCUT2D eigenvalue weighted by molar-refractivity contribution is 5.83. The van der Waals surface area contributed by atoms with Gasteiger partial charge in [0.25, 0.3) is 0 Å². The van der Waals surface area contributed by atoms with Crippen LogP contribution in [-0.2, 0) is 14.3 Å². The monoisotopic (exact) mass is 450 g/mol. The maximum absolute atomic E-state index is 12.3. The van der Waals surface area contributed by atoms with Gasteiger partial charge in [0.2, 0.25) is 5.91 Å². The number of rotatable bonds is 9. The van der Waals surface area contributed by atoms with Gasteiger partial charge in [0.1, 0.15) is 12.6 Å². The van der Waals surface area contributed by atoms with Crippen LogP contribution in [0.1, 0.15) is 49.7 Å². The molecule has 3 N–H and O–H groups in total. The second-order valence-electron chi connectivity index (χ2n) is 8.98. The summed E-state index contributed by atoms with van der Waals surface area (Å²) < 4.78 is 5.56. The van der Waals surface area contributed by atoms with E-state index in [0.29, 0.717) is 25.3 Å². The highest BCUT2D eigenvalue weighted by Crippen LogP contribution is 2.44. The lowest BCUT2D eigenvalue weighted by Gasteiger charge is -2.35. The second kappa shape index (κ2) is 10.1. The van der Waals surface area contributed by atoms with Crippen LogP contribution in [0.4, 0.5) is 4.79 Å². The van der Waals surface area contributed by atoms with Crippen LogP contribution >= 0.6 is 0 Å². The van der Waals surface area contributed by atoms with Gasteiger partial charge >= 0.3 is 12.1 Å². The van der Waals surface area contributed by atoms with Crippen molar-refractivity contribution in [1.29, 1.82) is 0 Å². The van der Waals surface area contributed by atoms with Crippen molar-refractivity contribution in [3.05, 3.63) is 59.7 Å². The molecule has 33 heavy (non-hydrogen) atoms. The first-order chi connectivity index (χ1) is 16.0. The fourth-order valence-corrected chi connectivity index (χ4v) is 4.94. The third-order valence-corrected chi connectivity index (χ3v) is 6.73. The van der Waals surface area contributed by atoms with Crippen molar-refractivity contribution in [2.75, 3.05) is 13.2 Å². The molecule has 2 aliphatic carbocycles. The van der Waals surface area contributed by atoms with Gasteiger partial charge in [-0.2, -0.15) is 0 Å². The zero-order valence-corrected chi connectivity index (χ0v) is 18.8. The lowest BCUT2D eigenvalue weighted by molar-refractivity contribution is -0.142. The predicted molar refractivity (Wildman–Crippen MR) is 124 cm³/mol. The normalized spacial score (nSPS) is 19.5. The number of hydrogen-bond acceptors (Lipinski definition) is 4. The Kier molecular flexibility index (Phi) is 6.96. The van der Waals surface area contributed by atoms with E-state index in [1.807, 2.05) is 24.3 Å². The summed E-state index contributed by atoms with van der Waals surface area (Å²) in [5.41, 5.74) is 4.75. The SMILES string of the molecule is CC[C@@H](NC(=O)CC1CC(CNC(=O)OCC2c3ccccc3-c3ccccc32)C1)C(=O)O. The Morgan fingerprint density at radius 1 is 1.00 bits per heavy atom. The van der Waals surface area contributed by atoms with Gasteiger partial charge in [0, 0.05) is 18.9 Å². The van der Waals surface area contributed by atoms with E-state index in [4.69, 9.17) is 9.84 Å². The van der Waals surface area contributed by atoms with Gasteiger partial charge in [-0.3, -0.25) is 4.79 Å². The Bertz CT molecular complexity index is 985. The van der Waals surface area contributed by atoms with Crippen LogP contribution in [0.3, 0.4) is 0 Å². The zero-order valence-electron chi connectivity index (χ0n) is 18.8. The molecule has 7 nitrogen and oxygen atoms in total.